The van der Waals surface area contributed by atoms with Gasteiger partial charge in [-0.3, -0.25) is 0 Å². The van der Waals surface area contributed by atoms with Gasteiger partial charge in [-0.2, -0.15) is 0 Å². The fourth-order valence-corrected chi connectivity index (χ4v) is 3.69. The molecule has 2 rings (SSSR count). The van der Waals surface area contributed by atoms with Crippen molar-refractivity contribution in [2.75, 3.05) is 13.1 Å². The summed E-state index contributed by atoms with van der Waals surface area (Å²) in [5.41, 5.74) is 0.590. The zero-order valence-electron chi connectivity index (χ0n) is 9.53. The van der Waals surface area contributed by atoms with E-state index in [0.29, 0.717) is 17.1 Å². The smallest absolute Gasteiger partial charge is 0.241 e. The van der Waals surface area contributed by atoms with Crippen molar-refractivity contribution in [3.8, 4) is 0 Å². The molecule has 1 aliphatic heterocycles. The van der Waals surface area contributed by atoms with E-state index in [9.17, 15) is 8.42 Å². The third-order valence-electron chi connectivity index (χ3n) is 2.89. The number of hydrogen-bond acceptors (Lipinski definition) is 3. The summed E-state index contributed by atoms with van der Waals surface area (Å²) in [5, 5.41) is 3.59. The Balaban J connectivity index is 2.28. The van der Waals surface area contributed by atoms with Crippen LogP contribution in [0.15, 0.2) is 23.1 Å². The standard InChI is InChI=1S/C11H15ClN2O2S/c1-8-10(12)3-2-4-11(8)17(15,16)14-9-5-6-13-7-9/h2-4,9,13-14H,5-7H2,1H3. The molecule has 1 aromatic rings. The van der Waals surface area contributed by atoms with Gasteiger partial charge in [0.05, 0.1) is 4.90 Å². The molecule has 1 fully saturated rings. The van der Waals surface area contributed by atoms with Crippen LogP contribution in [0.1, 0.15) is 12.0 Å². The first-order chi connectivity index (χ1) is 8.00. The van der Waals surface area contributed by atoms with Gasteiger partial charge in [0.15, 0.2) is 0 Å². The minimum atomic E-state index is -3.47. The highest BCUT2D eigenvalue weighted by molar-refractivity contribution is 7.89. The minimum absolute atomic E-state index is 0.0293. The number of sulfonamides is 1. The van der Waals surface area contributed by atoms with Crippen molar-refractivity contribution < 1.29 is 8.42 Å². The van der Waals surface area contributed by atoms with Gasteiger partial charge in [-0.1, -0.05) is 17.7 Å². The fraction of sp³-hybridized carbons (Fsp3) is 0.455. The second-order valence-corrected chi connectivity index (χ2v) is 6.26. The Hall–Kier alpha value is -0.620. The normalized spacial score (nSPS) is 20.7. The molecule has 0 spiro atoms. The van der Waals surface area contributed by atoms with Crippen molar-refractivity contribution in [3.63, 3.8) is 0 Å². The molecule has 0 aliphatic carbocycles. The number of benzene rings is 1. The van der Waals surface area contributed by atoms with E-state index in [1.807, 2.05) is 0 Å². The predicted octanol–water partition coefficient (Wildman–Crippen LogP) is 1.29. The summed E-state index contributed by atoms with van der Waals surface area (Å²) in [7, 11) is -3.47. The third-order valence-corrected chi connectivity index (χ3v) is 4.96. The average molecular weight is 275 g/mol. The van der Waals surface area contributed by atoms with E-state index in [1.54, 1.807) is 25.1 Å². The first kappa shape index (κ1) is 12.8. The molecule has 1 unspecified atom stereocenters. The van der Waals surface area contributed by atoms with Crippen LogP contribution in [-0.2, 0) is 10.0 Å². The zero-order valence-corrected chi connectivity index (χ0v) is 11.1. The van der Waals surface area contributed by atoms with Crippen LogP contribution >= 0.6 is 11.6 Å². The molecule has 0 amide bonds. The van der Waals surface area contributed by atoms with E-state index in [-0.39, 0.29) is 10.9 Å². The molecule has 4 nitrogen and oxygen atoms in total. The van der Waals surface area contributed by atoms with Gasteiger partial charge in [0.25, 0.3) is 0 Å². The largest absolute Gasteiger partial charge is 0.315 e. The molecule has 1 aromatic carbocycles. The Kier molecular flexibility index (Phi) is 3.73. The fourth-order valence-electron chi connectivity index (χ4n) is 1.92. The SMILES string of the molecule is Cc1c(Cl)cccc1S(=O)(=O)NC1CCNC1. The topological polar surface area (TPSA) is 58.2 Å². The van der Waals surface area contributed by atoms with Gasteiger partial charge >= 0.3 is 0 Å². The Morgan fingerprint density at radius 1 is 1.47 bits per heavy atom. The summed E-state index contributed by atoms with van der Waals surface area (Å²) in [6.07, 6.45) is 0.818. The summed E-state index contributed by atoms with van der Waals surface area (Å²) < 4.78 is 27.0. The lowest BCUT2D eigenvalue weighted by Gasteiger charge is -2.14. The monoisotopic (exact) mass is 274 g/mol. The maximum absolute atomic E-state index is 12.2. The van der Waals surface area contributed by atoms with E-state index in [4.69, 9.17) is 11.6 Å². The van der Waals surface area contributed by atoms with Crippen LogP contribution < -0.4 is 10.0 Å². The van der Waals surface area contributed by atoms with Gasteiger partial charge in [0, 0.05) is 17.6 Å². The average Bonchev–Trinajstić information content (AvgIpc) is 2.73. The second-order valence-electron chi connectivity index (χ2n) is 4.17. The molecule has 0 saturated carbocycles. The van der Waals surface area contributed by atoms with Crippen LogP contribution in [0.4, 0.5) is 0 Å². The molecular weight excluding hydrogens is 260 g/mol. The van der Waals surface area contributed by atoms with Crippen molar-refractivity contribution in [1.82, 2.24) is 10.0 Å². The molecule has 2 N–H and O–H groups in total. The van der Waals surface area contributed by atoms with Crippen LogP contribution in [-0.4, -0.2) is 27.5 Å². The predicted molar refractivity (Wildman–Crippen MR) is 67.8 cm³/mol. The molecule has 0 bridgehead atoms. The van der Waals surface area contributed by atoms with Crippen LogP contribution in [0.25, 0.3) is 0 Å². The van der Waals surface area contributed by atoms with Gasteiger partial charge in [-0.25, -0.2) is 13.1 Å². The highest BCUT2D eigenvalue weighted by Crippen LogP contribution is 2.23. The van der Waals surface area contributed by atoms with Crippen LogP contribution in [0.5, 0.6) is 0 Å². The lowest BCUT2D eigenvalue weighted by atomic mass is 10.2. The van der Waals surface area contributed by atoms with Crippen LogP contribution in [0, 0.1) is 6.92 Å². The molecule has 1 saturated heterocycles. The number of halogens is 1. The number of nitrogens with one attached hydrogen (secondary N) is 2. The first-order valence-corrected chi connectivity index (χ1v) is 7.35. The quantitative estimate of drug-likeness (QED) is 0.873. The second kappa shape index (κ2) is 4.94. The van der Waals surface area contributed by atoms with Crippen molar-refractivity contribution in [3.05, 3.63) is 28.8 Å². The summed E-state index contributed by atoms with van der Waals surface area (Å²) in [4.78, 5) is 0.261. The minimum Gasteiger partial charge on any atom is -0.315 e. The van der Waals surface area contributed by atoms with E-state index in [2.05, 4.69) is 10.0 Å². The lowest BCUT2D eigenvalue weighted by molar-refractivity contribution is 0.559. The summed E-state index contributed by atoms with van der Waals surface area (Å²) in [5.74, 6) is 0. The number of hydrogen-bond donors (Lipinski definition) is 2. The lowest BCUT2D eigenvalue weighted by Crippen LogP contribution is -2.36. The van der Waals surface area contributed by atoms with E-state index >= 15 is 0 Å². The Labute approximate surface area is 106 Å². The van der Waals surface area contributed by atoms with Gasteiger partial charge in [0.1, 0.15) is 0 Å². The van der Waals surface area contributed by atoms with Crippen LogP contribution in [0.2, 0.25) is 5.02 Å². The van der Waals surface area contributed by atoms with E-state index in [1.165, 1.54) is 0 Å². The molecular formula is C11H15ClN2O2S. The van der Waals surface area contributed by atoms with Gasteiger partial charge in [-0.05, 0) is 37.6 Å². The van der Waals surface area contributed by atoms with E-state index < -0.39 is 10.0 Å². The molecule has 94 valence electrons. The highest BCUT2D eigenvalue weighted by Gasteiger charge is 2.24. The molecule has 6 heteroatoms. The van der Waals surface area contributed by atoms with Crippen molar-refractivity contribution in [1.29, 1.82) is 0 Å². The molecule has 17 heavy (non-hydrogen) atoms. The molecule has 1 heterocycles. The number of rotatable bonds is 3. The molecule has 0 radical (unpaired) electrons. The van der Waals surface area contributed by atoms with Crippen molar-refractivity contribution in [2.24, 2.45) is 0 Å². The van der Waals surface area contributed by atoms with Gasteiger partial charge in [-0.15, -0.1) is 0 Å². The maximum Gasteiger partial charge on any atom is 0.241 e. The summed E-state index contributed by atoms with van der Waals surface area (Å²) in [6.45, 7) is 3.24. The summed E-state index contributed by atoms with van der Waals surface area (Å²) >= 11 is 5.93. The maximum atomic E-state index is 12.2. The summed E-state index contributed by atoms with van der Waals surface area (Å²) in [6, 6.07) is 4.88. The van der Waals surface area contributed by atoms with E-state index in [0.717, 1.165) is 13.0 Å². The van der Waals surface area contributed by atoms with Crippen molar-refractivity contribution >= 4 is 21.6 Å². The molecule has 0 aromatic heterocycles. The molecule has 1 aliphatic rings. The Morgan fingerprint density at radius 2 is 2.24 bits per heavy atom. The van der Waals surface area contributed by atoms with Crippen molar-refractivity contribution in [2.45, 2.75) is 24.3 Å². The van der Waals surface area contributed by atoms with Gasteiger partial charge in [0.2, 0.25) is 10.0 Å². The first-order valence-electron chi connectivity index (χ1n) is 5.49. The van der Waals surface area contributed by atoms with Gasteiger partial charge < -0.3 is 5.32 Å². The van der Waals surface area contributed by atoms with Crippen LogP contribution in [0.3, 0.4) is 0 Å². The zero-order chi connectivity index (χ0) is 12.5. The Morgan fingerprint density at radius 3 is 2.88 bits per heavy atom. The highest BCUT2D eigenvalue weighted by atomic mass is 35.5. The molecule has 1 atom stereocenters. The third kappa shape index (κ3) is 2.80. The Bertz CT molecular complexity index is 510.